The number of alkyl carbamates (subject to hydrolysis) is 1. The topological polar surface area (TPSA) is 54.5 Å². The summed E-state index contributed by atoms with van der Waals surface area (Å²) in [5.41, 5.74) is -1.46. The van der Waals surface area contributed by atoms with Gasteiger partial charge in [0.25, 0.3) is 0 Å². The lowest BCUT2D eigenvalue weighted by Gasteiger charge is -2.33. The third-order valence-electron chi connectivity index (χ3n) is 3.56. The molecule has 1 aromatic rings. The highest BCUT2D eigenvalue weighted by molar-refractivity contribution is 5.68. The zero-order chi connectivity index (χ0) is 18.0. The monoisotopic (exact) mass is 345 g/mol. The summed E-state index contributed by atoms with van der Waals surface area (Å²) in [5.74, 6) is 0.306. The molecule has 1 fully saturated rings. The first-order valence-electron chi connectivity index (χ1n) is 7.83. The predicted octanol–water partition coefficient (Wildman–Crippen LogP) is 3.59. The summed E-state index contributed by atoms with van der Waals surface area (Å²) in [7, 11) is 0. The minimum Gasteiger partial charge on any atom is -0.444 e. The highest BCUT2D eigenvalue weighted by atomic mass is 19.4. The van der Waals surface area contributed by atoms with Crippen molar-refractivity contribution >= 4 is 11.9 Å². The van der Waals surface area contributed by atoms with Crippen LogP contribution in [0.15, 0.2) is 18.2 Å². The molecule has 1 aromatic heterocycles. The summed E-state index contributed by atoms with van der Waals surface area (Å²) in [6, 6.07) is 3.83. The Hall–Kier alpha value is -1.99. The van der Waals surface area contributed by atoms with Gasteiger partial charge in [0.05, 0.1) is 0 Å². The van der Waals surface area contributed by atoms with Gasteiger partial charge in [-0.25, -0.2) is 9.78 Å². The third-order valence-corrected chi connectivity index (χ3v) is 3.56. The van der Waals surface area contributed by atoms with Crippen LogP contribution in [0.5, 0.6) is 0 Å². The summed E-state index contributed by atoms with van der Waals surface area (Å²) < 4.78 is 43.4. The molecule has 1 aliphatic heterocycles. The molecule has 0 aromatic carbocycles. The number of hydrogen-bond acceptors (Lipinski definition) is 4. The summed E-state index contributed by atoms with van der Waals surface area (Å²) in [6.07, 6.45) is -3.68. The number of rotatable bonds is 2. The van der Waals surface area contributed by atoms with Crippen LogP contribution in [-0.4, -0.2) is 35.8 Å². The molecule has 0 atom stereocenters. The summed E-state index contributed by atoms with van der Waals surface area (Å²) in [4.78, 5) is 17.2. The molecular formula is C16H22F3N3O2. The number of nitrogens with one attached hydrogen (secondary N) is 1. The van der Waals surface area contributed by atoms with Gasteiger partial charge in [-0.3, -0.25) is 0 Å². The average molecular weight is 345 g/mol. The standard InChI is InChI=1S/C16H22F3N3O2/c1-15(2,3)24-14(23)20-11-7-9-22(10-8-11)13-6-4-5-12(21-13)16(17,18)19/h4-6,11H,7-10H2,1-3H3,(H,20,23). The van der Waals surface area contributed by atoms with Crippen LogP contribution in [-0.2, 0) is 10.9 Å². The quantitative estimate of drug-likeness (QED) is 0.890. The lowest BCUT2D eigenvalue weighted by molar-refractivity contribution is -0.141. The lowest BCUT2D eigenvalue weighted by Crippen LogP contribution is -2.46. The van der Waals surface area contributed by atoms with E-state index in [0.29, 0.717) is 31.7 Å². The van der Waals surface area contributed by atoms with Gasteiger partial charge in [0, 0.05) is 19.1 Å². The average Bonchev–Trinajstić information content (AvgIpc) is 2.45. The van der Waals surface area contributed by atoms with E-state index in [1.165, 1.54) is 6.07 Å². The van der Waals surface area contributed by atoms with Crippen molar-refractivity contribution in [2.24, 2.45) is 0 Å². The smallest absolute Gasteiger partial charge is 0.433 e. The fraction of sp³-hybridized carbons (Fsp3) is 0.625. The van der Waals surface area contributed by atoms with Crippen molar-refractivity contribution < 1.29 is 22.7 Å². The first kappa shape index (κ1) is 18.4. The largest absolute Gasteiger partial charge is 0.444 e. The number of amides is 1. The van der Waals surface area contributed by atoms with Crippen LogP contribution in [0.2, 0.25) is 0 Å². The van der Waals surface area contributed by atoms with Gasteiger partial charge in [-0.1, -0.05) is 6.07 Å². The Kier molecular flexibility index (Phi) is 5.25. The zero-order valence-electron chi connectivity index (χ0n) is 14.0. The molecule has 0 aliphatic carbocycles. The second-order valence-corrected chi connectivity index (χ2v) is 6.79. The minimum atomic E-state index is -4.45. The van der Waals surface area contributed by atoms with Crippen LogP contribution < -0.4 is 10.2 Å². The Morgan fingerprint density at radius 1 is 1.25 bits per heavy atom. The number of ether oxygens (including phenoxy) is 1. The first-order chi connectivity index (χ1) is 11.0. The van der Waals surface area contributed by atoms with Crippen LogP contribution in [0, 0.1) is 0 Å². The maximum absolute atomic E-state index is 12.7. The van der Waals surface area contributed by atoms with Gasteiger partial charge in [0.15, 0.2) is 0 Å². The Morgan fingerprint density at radius 3 is 2.42 bits per heavy atom. The molecule has 134 valence electrons. The van der Waals surface area contributed by atoms with Crippen molar-refractivity contribution in [3.8, 4) is 0 Å². The molecule has 2 rings (SSSR count). The van der Waals surface area contributed by atoms with Crippen LogP contribution in [0.25, 0.3) is 0 Å². The van der Waals surface area contributed by atoms with Crippen molar-refractivity contribution in [3.05, 3.63) is 23.9 Å². The number of carbonyl (C=O) groups excluding carboxylic acids is 1. The maximum atomic E-state index is 12.7. The molecule has 24 heavy (non-hydrogen) atoms. The molecule has 1 saturated heterocycles. The SMILES string of the molecule is CC(C)(C)OC(=O)NC1CCN(c2cccc(C(F)(F)F)n2)CC1. The first-order valence-corrected chi connectivity index (χ1v) is 7.83. The van der Waals surface area contributed by atoms with Crippen molar-refractivity contribution in [3.63, 3.8) is 0 Å². The molecule has 5 nitrogen and oxygen atoms in total. The fourth-order valence-electron chi connectivity index (χ4n) is 2.48. The predicted molar refractivity (Wildman–Crippen MR) is 83.8 cm³/mol. The third kappa shape index (κ3) is 5.28. The Balaban J connectivity index is 1.90. The van der Waals surface area contributed by atoms with Gasteiger partial charge < -0.3 is 15.0 Å². The number of aromatic nitrogens is 1. The van der Waals surface area contributed by atoms with Crippen LogP contribution >= 0.6 is 0 Å². The molecule has 1 aliphatic rings. The molecule has 1 amide bonds. The Bertz CT molecular complexity index is 577. The fourth-order valence-corrected chi connectivity index (χ4v) is 2.48. The summed E-state index contributed by atoms with van der Waals surface area (Å²) >= 11 is 0. The van der Waals surface area contributed by atoms with Gasteiger partial charge in [0.2, 0.25) is 0 Å². The van der Waals surface area contributed by atoms with Crippen LogP contribution in [0.4, 0.5) is 23.8 Å². The second-order valence-electron chi connectivity index (χ2n) is 6.79. The van der Waals surface area contributed by atoms with E-state index in [1.54, 1.807) is 31.7 Å². The second kappa shape index (κ2) is 6.86. The van der Waals surface area contributed by atoms with Gasteiger partial charge >= 0.3 is 12.3 Å². The number of pyridine rings is 1. The zero-order valence-corrected chi connectivity index (χ0v) is 14.0. The van der Waals surface area contributed by atoms with E-state index in [9.17, 15) is 18.0 Å². The molecule has 0 bridgehead atoms. The van der Waals surface area contributed by atoms with Crippen molar-refractivity contribution in [1.29, 1.82) is 0 Å². The Morgan fingerprint density at radius 2 is 1.88 bits per heavy atom. The summed E-state index contributed by atoms with van der Waals surface area (Å²) in [6.45, 7) is 6.40. The van der Waals surface area contributed by atoms with E-state index >= 15 is 0 Å². The van der Waals surface area contributed by atoms with E-state index in [-0.39, 0.29) is 6.04 Å². The number of halogens is 3. The van der Waals surface area contributed by atoms with E-state index < -0.39 is 23.6 Å². The molecule has 0 unspecified atom stereocenters. The molecular weight excluding hydrogens is 323 g/mol. The number of alkyl halides is 3. The van der Waals surface area contributed by atoms with Gasteiger partial charge in [0.1, 0.15) is 17.1 Å². The molecule has 0 radical (unpaired) electrons. The number of carbonyl (C=O) groups is 1. The van der Waals surface area contributed by atoms with Crippen molar-refractivity contribution in [2.75, 3.05) is 18.0 Å². The molecule has 8 heteroatoms. The van der Waals surface area contributed by atoms with E-state index in [1.807, 2.05) is 0 Å². The lowest BCUT2D eigenvalue weighted by atomic mass is 10.1. The number of anilines is 1. The van der Waals surface area contributed by atoms with Crippen LogP contribution in [0.3, 0.4) is 0 Å². The Labute approximate surface area is 139 Å². The highest BCUT2D eigenvalue weighted by Gasteiger charge is 2.33. The number of piperidine rings is 1. The normalized spacial score (nSPS) is 16.8. The van der Waals surface area contributed by atoms with E-state index in [2.05, 4.69) is 10.3 Å². The van der Waals surface area contributed by atoms with Gasteiger partial charge in [-0.15, -0.1) is 0 Å². The van der Waals surface area contributed by atoms with Crippen molar-refractivity contribution in [2.45, 2.75) is 51.4 Å². The highest BCUT2D eigenvalue weighted by Crippen LogP contribution is 2.29. The van der Waals surface area contributed by atoms with Gasteiger partial charge in [-0.2, -0.15) is 13.2 Å². The number of hydrogen-bond donors (Lipinski definition) is 1. The van der Waals surface area contributed by atoms with E-state index in [0.717, 1.165) is 6.07 Å². The molecule has 1 N–H and O–H groups in total. The maximum Gasteiger partial charge on any atom is 0.433 e. The molecule has 2 heterocycles. The van der Waals surface area contributed by atoms with Crippen molar-refractivity contribution in [1.82, 2.24) is 10.3 Å². The molecule has 0 saturated carbocycles. The van der Waals surface area contributed by atoms with Crippen LogP contribution in [0.1, 0.15) is 39.3 Å². The minimum absolute atomic E-state index is 0.0538. The van der Waals surface area contributed by atoms with Gasteiger partial charge in [-0.05, 0) is 45.7 Å². The summed E-state index contributed by atoms with van der Waals surface area (Å²) in [5, 5.41) is 2.79. The van der Waals surface area contributed by atoms with E-state index in [4.69, 9.17) is 4.74 Å². The number of nitrogens with zero attached hydrogens (tertiary/aromatic N) is 2. The molecule has 0 spiro atoms.